The van der Waals surface area contributed by atoms with Crippen LogP contribution in [0.15, 0.2) is 29.6 Å². The maximum absolute atomic E-state index is 12.1. The molecule has 21 heavy (non-hydrogen) atoms. The van der Waals surface area contributed by atoms with Gasteiger partial charge in [-0.1, -0.05) is 0 Å². The Morgan fingerprint density at radius 3 is 2.76 bits per heavy atom. The molecule has 0 aliphatic carbocycles. The van der Waals surface area contributed by atoms with Crippen molar-refractivity contribution in [3.8, 4) is 0 Å². The fraction of sp³-hybridized carbons (Fsp3) is 0.273. The molecule has 7 nitrogen and oxygen atoms in total. The van der Waals surface area contributed by atoms with Crippen molar-refractivity contribution in [3.63, 3.8) is 0 Å². The van der Waals surface area contributed by atoms with E-state index in [-0.39, 0.29) is 11.4 Å². The molecule has 0 aromatic carbocycles. The maximum Gasteiger partial charge on any atom is 0.408 e. The van der Waals surface area contributed by atoms with Gasteiger partial charge in [-0.15, -0.1) is 0 Å². The van der Waals surface area contributed by atoms with Crippen molar-refractivity contribution in [2.24, 2.45) is 12.1 Å². The van der Waals surface area contributed by atoms with Crippen LogP contribution < -0.4 is 5.43 Å². The van der Waals surface area contributed by atoms with E-state index in [0.29, 0.717) is 0 Å². The van der Waals surface area contributed by atoms with E-state index in [1.54, 1.807) is 13.2 Å². The van der Waals surface area contributed by atoms with E-state index in [9.17, 15) is 18.0 Å². The number of hydrogen-bond acceptors (Lipinski definition) is 4. The Labute approximate surface area is 117 Å². The van der Waals surface area contributed by atoms with Gasteiger partial charge in [0.05, 0.1) is 6.21 Å². The van der Waals surface area contributed by atoms with Crippen LogP contribution in [0.1, 0.15) is 16.2 Å². The molecule has 2 aromatic rings. The number of nitrogens with zero attached hydrogens (tertiary/aromatic N) is 5. The highest BCUT2D eigenvalue weighted by molar-refractivity contribution is 5.92. The van der Waals surface area contributed by atoms with Crippen LogP contribution in [-0.2, 0) is 13.6 Å². The van der Waals surface area contributed by atoms with E-state index < -0.39 is 18.6 Å². The lowest BCUT2D eigenvalue weighted by molar-refractivity contribution is -0.142. The minimum atomic E-state index is -4.34. The van der Waals surface area contributed by atoms with Crippen molar-refractivity contribution in [3.05, 3.63) is 35.9 Å². The molecular formula is C11H11F3N6O. The van der Waals surface area contributed by atoms with Crippen molar-refractivity contribution in [1.82, 2.24) is 25.0 Å². The van der Waals surface area contributed by atoms with Crippen LogP contribution in [0.3, 0.4) is 0 Å². The summed E-state index contributed by atoms with van der Waals surface area (Å²) in [5.74, 6) is -0.526. The Hall–Kier alpha value is -2.65. The monoisotopic (exact) mass is 300 g/mol. The summed E-state index contributed by atoms with van der Waals surface area (Å²) in [5, 5.41) is 11.1. The van der Waals surface area contributed by atoms with E-state index >= 15 is 0 Å². The Balaban J connectivity index is 1.91. The molecule has 2 aromatic heterocycles. The first-order valence-corrected chi connectivity index (χ1v) is 5.77. The fourth-order valence-corrected chi connectivity index (χ4v) is 1.47. The molecule has 0 fully saturated rings. The number of hydrazone groups is 1. The van der Waals surface area contributed by atoms with E-state index in [2.05, 4.69) is 20.7 Å². The molecule has 0 radical (unpaired) electrons. The van der Waals surface area contributed by atoms with Crippen molar-refractivity contribution in [2.75, 3.05) is 0 Å². The summed E-state index contributed by atoms with van der Waals surface area (Å²) in [6, 6.07) is 2.85. The Morgan fingerprint density at radius 2 is 2.14 bits per heavy atom. The van der Waals surface area contributed by atoms with Gasteiger partial charge in [0.2, 0.25) is 0 Å². The van der Waals surface area contributed by atoms with Crippen molar-refractivity contribution < 1.29 is 18.0 Å². The van der Waals surface area contributed by atoms with Gasteiger partial charge in [-0.2, -0.15) is 28.5 Å². The zero-order valence-corrected chi connectivity index (χ0v) is 10.9. The Kier molecular flexibility index (Phi) is 4.05. The van der Waals surface area contributed by atoms with Crippen molar-refractivity contribution in [1.29, 1.82) is 0 Å². The molecule has 2 rings (SSSR count). The van der Waals surface area contributed by atoms with Crippen LogP contribution in [0.4, 0.5) is 13.2 Å². The summed E-state index contributed by atoms with van der Waals surface area (Å²) in [6.07, 6.45) is -0.422. The number of carbonyl (C=O) groups excluding carboxylic acids is 1. The summed E-state index contributed by atoms with van der Waals surface area (Å²) in [7, 11) is 1.66. The highest BCUT2D eigenvalue weighted by Gasteiger charge is 2.28. The summed E-state index contributed by atoms with van der Waals surface area (Å²) in [5.41, 5.74) is 2.57. The van der Waals surface area contributed by atoms with E-state index in [0.717, 1.165) is 10.9 Å². The normalized spacial score (nSPS) is 12.0. The molecule has 0 spiro atoms. The third-order valence-corrected chi connectivity index (χ3v) is 2.31. The number of aryl methyl sites for hydroxylation is 1. The van der Waals surface area contributed by atoms with Gasteiger partial charge in [-0.3, -0.25) is 14.2 Å². The van der Waals surface area contributed by atoms with Crippen LogP contribution in [0.5, 0.6) is 0 Å². The lowest BCUT2D eigenvalue weighted by Gasteiger charge is -2.04. The fourth-order valence-electron chi connectivity index (χ4n) is 1.47. The lowest BCUT2D eigenvalue weighted by Crippen LogP contribution is -2.19. The third-order valence-electron chi connectivity index (χ3n) is 2.31. The average Bonchev–Trinajstić information content (AvgIpc) is 2.96. The quantitative estimate of drug-likeness (QED) is 0.674. The number of halogens is 3. The molecule has 0 atom stereocenters. The number of aromatic nitrogens is 4. The van der Waals surface area contributed by atoms with Gasteiger partial charge in [-0.05, 0) is 12.1 Å². The van der Waals surface area contributed by atoms with Crippen LogP contribution in [-0.4, -0.2) is 37.9 Å². The molecule has 0 aliphatic rings. The topological polar surface area (TPSA) is 77.1 Å². The Bertz CT molecular complexity index is 657. The minimum Gasteiger partial charge on any atom is -0.275 e. The van der Waals surface area contributed by atoms with Crippen LogP contribution in [0.25, 0.3) is 0 Å². The summed E-state index contributed by atoms with van der Waals surface area (Å²) in [6.45, 7) is -1.18. The molecule has 10 heteroatoms. The second kappa shape index (κ2) is 5.77. The van der Waals surface area contributed by atoms with Crippen LogP contribution in [0.2, 0.25) is 0 Å². The Morgan fingerprint density at radius 1 is 1.38 bits per heavy atom. The van der Waals surface area contributed by atoms with E-state index in [4.69, 9.17) is 0 Å². The van der Waals surface area contributed by atoms with Crippen molar-refractivity contribution in [2.45, 2.75) is 12.7 Å². The summed E-state index contributed by atoms with van der Waals surface area (Å²) >= 11 is 0. The number of alkyl halides is 3. The summed E-state index contributed by atoms with van der Waals surface area (Å²) < 4.78 is 38.6. The van der Waals surface area contributed by atoms with Gasteiger partial charge in [0.25, 0.3) is 5.91 Å². The standard InChI is InChI=1S/C11H11F3N6O/c1-19-4-3-9(18-19)10(21)16-15-6-8-2-5-20(17-8)7-11(12,13)14/h2-6H,7H2,1H3,(H,16,21). The SMILES string of the molecule is Cn1ccc(C(=O)NN=Cc2ccn(CC(F)(F)F)n2)n1. The summed E-state index contributed by atoms with van der Waals surface area (Å²) in [4.78, 5) is 11.6. The zero-order chi connectivity index (χ0) is 15.5. The van der Waals surface area contributed by atoms with Gasteiger partial charge in [-0.25, -0.2) is 5.43 Å². The molecule has 112 valence electrons. The molecule has 0 unspecified atom stereocenters. The van der Waals surface area contributed by atoms with E-state index in [1.807, 2.05) is 0 Å². The van der Waals surface area contributed by atoms with Gasteiger partial charge in [0.1, 0.15) is 12.2 Å². The predicted molar refractivity (Wildman–Crippen MR) is 66.6 cm³/mol. The van der Waals surface area contributed by atoms with Crippen LogP contribution in [0, 0.1) is 0 Å². The number of carbonyl (C=O) groups is 1. The third kappa shape index (κ3) is 4.44. The second-order valence-corrected chi connectivity index (χ2v) is 4.13. The number of rotatable bonds is 4. The van der Waals surface area contributed by atoms with Crippen LogP contribution >= 0.6 is 0 Å². The highest BCUT2D eigenvalue weighted by Crippen LogP contribution is 2.16. The van der Waals surface area contributed by atoms with Gasteiger partial charge in [0.15, 0.2) is 5.69 Å². The number of nitrogens with one attached hydrogen (secondary N) is 1. The minimum absolute atomic E-state index is 0.178. The molecule has 1 N–H and O–H groups in total. The molecule has 1 amide bonds. The molecule has 0 saturated heterocycles. The molecular weight excluding hydrogens is 289 g/mol. The van der Waals surface area contributed by atoms with Crippen molar-refractivity contribution >= 4 is 12.1 Å². The average molecular weight is 300 g/mol. The number of hydrogen-bond donors (Lipinski definition) is 1. The predicted octanol–water partition coefficient (Wildman–Crippen LogP) is 0.943. The first-order chi connectivity index (χ1) is 9.83. The smallest absolute Gasteiger partial charge is 0.275 e. The largest absolute Gasteiger partial charge is 0.408 e. The highest BCUT2D eigenvalue weighted by atomic mass is 19.4. The van der Waals surface area contributed by atoms with E-state index in [1.165, 1.54) is 23.0 Å². The maximum atomic E-state index is 12.1. The molecule has 0 bridgehead atoms. The molecule has 0 aliphatic heterocycles. The molecule has 2 heterocycles. The zero-order valence-electron chi connectivity index (χ0n) is 10.9. The first kappa shape index (κ1) is 14.8. The first-order valence-electron chi connectivity index (χ1n) is 5.77. The molecule has 0 saturated carbocycles. The van der Waals surface area contributed by atoms with Gasteiger partial charge < -0.3 is 0 Å². The van der Waals surface area contributed by atoms with Gasteiger partial charge >= 0.3 is 6.18 Å². The lowest BCUT2D eigenvalue weighted by atomic mass is 10.4. The number of amides is 1. The van der Waals surface area contributed by atoms with Gasteiger partial charge in [0, 0.05) is 19.4 Å². The second-order valence-electron chi connectivity index (χ2n) is 4.13.